The van der Waals surface area contributed by atoms with Crippen molar-refractivity contribution in [1.29, 1.82) is 0 Å². The van der Waals surface area contributed by atoms with Crippen LogP contribution in [0.5, 0.6) is 5.75 Å². The number of thiazole rings is 1. The van der Waals surface area contributed by atoms with E-state index in [0.717, 1.165) is 18.6 Å². The first-order valence-corrected chi connectivity index (χ1v) is 8.23. The van der Waals surface area contributed by atoms with Gasteiger partial charge in [0.15, 0.2) is 0 Å². The van der Waals surface area contributed by atoms with Gasteiger partial charge in [0.2, 0.25) is 0 Å². The number of rotatable bonds is 6. The Morgan fingerprint density at radius 1 is 1.42 bits per heavy atom. The number of amides is 1. The first-order chi connectivity index (χ1) is 11.3. The summed E-state index contributed by atoms with van der Waals surface area (Å²) in [6.45, 7) is 3.85. The number of ether oxygens (including phenoxy) is 1. The molecule has 0 bridgehead atoms. The molecule has 0 aliphatic carbocycles. The minimum Gasteiger partial charge on any atom is -0.486 e. The molecule has 0 spiro atoms. The van der Waals surface area contributed by atoms with Crippen molar-refractivity contribution < 1.29 is 22.7 Å². The van der Waals surface area contributed by atoms with Crippen molar-refractivity contribution in [3.63, 3.8) is 0 Å². The lowest BCUT2D eigenvalue weighted by atomic mass is 10.2. The molecule has 1 N–H and O–H groups in total. The number of carbonyl (C=O) groups is 1. The third-order valence-electron chi connectivity index (χ3n) is 3.30. The van der Waals surface area contributed by atoms with Crippen molar-refractivity contribution in [1.82, 2.24) is 10.3 Å². The molecule has 8 heteroatoms. The largest absolute Gasteiger partial charge is 0.486 e. The third kappa shape index (κ3) is 4.95. The molecule has 0 fully saturated rings. The fraction of sp³-hybridized carbons (Fsp3) is 0.375. The molecular formula is C16H17F3N2O2S. The Kier molecular flexibility index (Phi) is 5.82. The molecule has 1 aromatic heterocycles. The first-order valence-electron chi connectivity index (χ1n) is 7.35. The summed E-state index contributed by atoms with van der Waals surface area (Å²) < 4.78 is 43.3. The smallest absolute Gasteiger partial charge is 0.416 e. The minimum absolute atomic E-state index is 0.00257. The molecule has 24 heavy (non-hydrogen) atoms. The topological polar surface area (TPSA) is 51.2 Å². The van der Waals surface area contributed by atoms with E-state index in [4.69, 9.17) is 4.74 Å². The fourth-order valence-electron chi connectivity index (χ4n) is 1.79. The number of alkyl halides is 3. The highest BCUT2D eigenvalue weighted by atomic mass is 32.1. The quantitative estimate of drug-likeness (QED) is 0.839. The summed E-state index contributed by atoms with van der Waals surface area (Å²) in [7, 11) is 0. The van der Waals surface area contributed by atoms with Crippen molar-refractivity contribution in [2.75, 3.05) is 0 Å². The number of nitrogens with zero attached hydrogens (tertiary/aromatic N) is 1. The average molecular weight is 358 g/mol. The maximum Gasteiger partial charge on any atom is 0.416 e. The van der Waals surface area contributed by atoms with Crippen LogP contribution in [0.3, 0.4) is 0 Å². The number of nitrogens with one attached hydrogen (secondary N) is 1. The number of halogens is 3. The van der Waals surface area contributed by atoms with Crippen molar-refractivity contribution in [3.8, 4) is 5.75 Å². The Hall–Kier alpha value is -2.09. The standard InChI is InChI=1S/C16H17F3N2O2S/c1-3-10(2)20-15(22)13-9-24-14(21-13)8-23-12-6-4-5-11(7-12)16(17,18)19/h4-7,9-10H,3,8H2,1-2H3,(H,20,22)/t10-/m0/s1. The predicted octanol–water partition coefficient (Wildman–Crippen LogP) is 4.27. The van der Waals surface area contributed by atoms with Crippen LogP contribution in [0.25, 0.3) is 0 Å². The summed E-state index contributed by atoms with van der Waals surface area (Å²) in [5.74, 6) is -0.170. The van der Waals surface area contributed by atoms with E-state index >= 15 is 0 Å². The van der Waals surface area contributed by atoms with Gasteiger partial charge in [0, 0.05) is 11.4 Å². The van der Waals surface area contributed by atoms with Crippen LogP contribution >= 0.6 is 11.3 Å². The highest BCUT2D eigenvalue weighted by molar-refractivity contribution is 7.09. The first kappa shape index (κ1) is 18.3. The van der Waals surface area contributed by atoms with Gasteiger partial charge in [-0.15, -0.1) is 11.3 Å². The number of hydrogen-bond donors (Lipinski definition) is 1. The summed E-state index contributed by atoms with van der Waals surface area (Å²) in [6.07, 6.45) is -3.61. The predicted molar refractivity (Wildman–Crippen MR) is 85.1 cm³/mol. The van der Waals surface area contributed by atoms with Gasteiger partial charge in [0.1, 0.15) is 23.1 Å². The van der Waals surface area contributed by atoms with Gasteiger partial charge in [0.25, 0.3) is 5.91 Å². The monoisotopic (exact) mass is 358 g/mol. The molecule has 4 nitrogen and oxygen atoms in total. The van der Waals surface area contributed by atoms with Gasteiger partial charge in [-0.25, -0.2) is 4.98 Å². The lowest BCUT2D eigenvalue weighted by molar-refractivity contribution is -0.137. The molecule has 1 aromatic carbocycles. The molecular weight excluding hydrogens is 341 g/mol. The normalized spacial score (nSPS) is 12.7. The minimum atomic E-state index is -4.41. The molecule has 0 radical (unpaired) electrons. The highest BCUT2D eigenvalue weighted by Crippen LogP contribution is 2.31. The van der Waals surface area contributed by atoms with Gasteiger partial charge < -0.3 is 10.1 Å². The van der Waals surface area contributed by atoms with Crippen LogP contribution in [0, 0.1) is 0 Å². The van der Waals surface area contributed by atoms with Gasteiger partial charge in [-0.2, -0.15) is 13.2 Å². The molecule has 0 aliphatic heterocycles. The molecule has 1 atom stereocenters. The van der Waals surface area contributed by atoms with E-state index in [9.17, 15) is 18.0 Å². The van der Waals surface area contributed by atoms with Crippen molar-refractivity contribution in [2.45, 2.75) is 39.1 Å². The third-order valence-corrected chi connectivity index (χ3v) is 4.12. The lowest BCUT2D eigenvalue weighted by Gasteiger charge is -2.09. The van der Waals surface area contributed by atoms with Crippen LogP contribution in [0.15, 0.2) is 29.6 Å². The highest BCUT2D eigenvalue weighted by Gasteiger charge is 2.30. The zero-order chi connectivity index (χ0) is 17.7. The van der Waals surface area contributed by atoms with E-state index in [1.807, 2.05) is 13.8 Å². The van der Waals surface area contributed by atoms with Crippen molar-refractivity contribution >= 4 is 17.2 Å². The molecule has 0 saturated heterocycles. The maximum absolute atomic E-state index is 12.6. The van der Waals surface area contributed by atoms with Gasteiger partial charge in [-0.1, -0.05) is 13.0 Å². The van der Waals surface area contributed by atoms with Crippen LogP contribution in [-0.2, 0) is 12.8 Å². The Morgan fingerprint density at radius 2 is 2.17 bits per heavy atom. The van der Waals surface area contributed by atoms with Gasteiger partial charge in [-0.3, -0.25) is 4.79 Å². The molecule has 0 aliphatic rings. The van der Waals surface area contributed by atoms with Crippen LogP contribution in [0.4, 0.5) is 13.2 Å². The molecule has 1 heterocycles. The van der Waals surface area contributed by atoms with E-state index < -0.39 is 11.7 Å². The van der Waals surface area contributed by atoms with E-state index in [1.54, 1.807) is 5.38 Å². The SMILES string of the molecule is CC[C@H](C)NC(=O)c1csc(COc2cccc(C(F)(F)F)c2)n1. The zero-order valence-electron chi connectivity index (χ0n) is 13.2. The second kappa shape index (κ2) is 7.65. The summed E-state index contributed by atoms with van der Waals surface area (Å²) in [6, 6.07) is 4.69. The average Bonchev–Trinajstić information content (AvgIpc) is 3.01. The number of benzene rings is 1. The van der Waals surface area contributed by atoms with Crippen molar-refractivity contribution in [3.05, 3.63) is 45.9 Å². The Labute approximate surface area is 141 Å². The molecule has 2 rings (SSSR count). The molecule has 1 amide bonds. The molecule has 0 unspecified atom stereocenters. The Morgan fingerprint density at radius 3 is 2.83 bits per heavy atom. The Balaban J connectivity index is 1.97. The van der Waals surface area contributed by atoms with E-state index in [1.165, 1.54) is 23.5 Å². The second-order valence-electron chi connectivity index (χ2n) is 5.22. The van der Waals surface area contributed by atoms with E-state index in [2.05, 4.69) is 10.3 Å². The lowest BCUT2D eigenvalue weighted by Crippen LogP contribution is -2.32. The summed E-state index contributed by atoms with van der Waals surface area (Å²) in [5.41, 5.74) is -0.490. The second-order valence-corrected chi connectivity index (χ2v) is 6.17. The van der Waals surface area contributed by atoms with Crippen LogP contribution in [-0.4, -0.2) is 16.9 Å². The van der Waals surface area contributed by atoms with Crippen LogP contribution in [0.1, 0.15) is 41.3 Å². The number of aromatic nitrogens is 1. The fourth-order valence-corrected chi connectivity index (χ4v) is 2.47. The molecule has 0 saturated carbocycles. The van der Waals surface area contributed by atoms with Crippen LogP contribution < -0.4 is 10.1 Å². The molecule has 130 valence electrons. The summed E-state index contributed by atoms with van der Waals surface area (Å²) >= 11 is 1.22. The maximum atomic E-state index is 12.6. The van der Waals surface area contributed by atoms with Gasteiger partial charge in [-0.05, 0) is 31.5 Å². The molecule has 2 aromatic rings. The number of hydrogen-bond acceptors (Lipinski definition) is 4. The van der Waals surface area contributed by atoms with E-state index in [-0.39, 0.29) is 30.0 Å². The summed E-state index contributed by atoms with van der Waals surface area (Å²) in [5, 5.41) is 4.91. The van der Waals surface area contributed by atoms with Crippen LogP contribution in [0.2, 0.25) is 0 Å². The zero-order valence-corrected chi connectivity index (χ0v) is 14.0. The summed E-state index contributed by atoms with van der Waals surface area (Å²) in [4.78, 5) is 16.1. The van der Waals surface area contributed by atoms with Gasteiger partial charge in [0.05, 0.1) is 5.56 Å². The number of carbonyl (C=O) groups excluding carboxylic acids is 1. The van der Waals surface area contributed by atoms with E-state index in [0.29, 0.717) is 5.01 Å². The Bertz CT molecular complexity index is 701. The van der Waals surface area contributed by atoms with Crippen molar-refractivity contribution in [2.24, 2.45) is 0 Å². The van der Waals surface area contributed by atoms with Gasteiger partial charge >= 0.3 is 6.18 Å².